The molecule has 7 heteroatoms. The lowest BCUT2D eigenvalue weighted by Gasteiger charge is -2.12. The molecule has 0 aliphatic heterocycles. The summed E-state index contributed by atoms with van der Waals surface area (Å²) >= 11 is 0. The second-order valence-electron chi connectivity index (χ2n) is 5.50. The van der Waals surface area contributed by atoms with Crippen molar-refractivity contribution in [1.29, 1.82) is 0 Å². The van der Waals surface area contributed by atoms with Crippen LogP contribution < -0.4 is 16.4 Å². The average Bonchev–Trinajstić information content (AvgIpc) is 2.61. The predicted octanol–water partition coefficient (Wildman–Crippen LogP) is 2.50. The molecule has 0 saturated heterocycles. The van der Waals surface area contributed by atoms with Gasteiger partial charge in [0.15, 0.2) is 0 Å². The predicted molar refractivity (Wildman–Crippen MR) is 101 cm³/mol. The Hall–Kier alpha value is -2.44. The Balaban J connectivity index is 0.00000312. The smallest absolute Gasteiger partial charge is 0.255 e. The quantitative estimate of drug-likeness (QED) is 0.704. The van der Waals surface area contributed by atoms with Gasteiger partial charge in [-0.3, -0.25) is 14.6 Å². The normalized spacial score (nSPS) is 11.1. The highest BCUT2D eigenvalue weighted by molar-refractivity contribution is 6.04. The Morgan fingerprint density at radius 3 is 2.60 bits per heavy atom. The van der Waals surface area contributed by atoms with E-state index in [2.05, 4.69) is 15.6 Å². The van der Waals surface area contributed by atoms with E-state index in [1.165, 1.54) is 0 Å². The first-order chi connectivity index (χ1) is 11.6. The van der Waals surface area contributed by atoms with Crippen molar-refractivity contribution in [2.75, 3.05) is 5.32 Å². The van der Waals surface area contributed by atoms with Crippen LogP contribution in [0.15, 0.2) is 48.8 Å². The average molecular weight is 363 g/mol. The van der Waals surface area contributed by atoms with E-state index in [0.717, 1.165) is 12.0 Å². The number of hydrogen-bond donors (Lipinski definition) is 3. The Morgan fingerprint density at radius 2 is 1.92 bits per heavy atom. The molecule has 0 aliphatic rings. The maximum Gasteiger partial charge on any atom is 0.255 e. The van der Waals surface area contributed by atoms with Gasteiger partial charge in [-0.1, -0.05) is 25.5 Å². The van der Waals surface area contributed by atoms with Crippen LogP contribution in [0.3, 0.4) is 0 Å². The molecule has 1 unspecified atom stereocenters. The Labute approximate surface area is 153 Å². The summed E-state index contributed by atoms with van der Waals surface area (Å²) in [5, 5.41) is 5.64. The van der Waals surface area contributed by atoms with Crippen molar-refractivity contribution in [3.05, 3.63) is 59.9 Å². The summed E-state index contributed by atoms with van der Waals surface area (Å²) in [7, 11) is 0. The number of anilines is 1. The fraction of sp³-hybridized carbons (Fsp3) is 0.278. The Bertz CT molecular complexity index is 694. The zero-order chi connectivity index (χ0) is 17.4. The molecule has 2 rings (SSSR count). The minimum Gasteiger partial charge on any atom is -0.351 e. The van der Waals surface area contributed by atoms with Gasteiger partial charge in [-0.15, -0.1) is 12.4 Å². The number of amides is 2. The Kier molecular flexibility index (Phi) is 8.60. The van der Waals surface area contributed by atoms with Crippen molar-refractivity contribution in [1.82, 2.24) is 10.3 Å². The maximum absolute atomic E-state index is 12.1. The second-order valence-corrected chi connectivity index (χ2v) is 5.50. The molecule has 0 fully saturated rings. The molecule has 2 aromatic rings. The molecule has 1 atom stereocenters. The fourth-order valence-corrected chi connectivity index (χ4v) is 2.23. The van der Waals surface area contributed by atoms with Gasteiger partial charge in [0.1, 0.15) is 0 Å². The van der Waals surface area contributed by atoms with Gasteiger partial charge in [-0.05, 0) is 36.2 Å². The van der Waals surface area contributed by atoms with Crippen LogP contribution in [0, 0.1) is 0 Å². The number of nitrogens with zero attached hydrogens (tertiary/aromatic N) is 1. The number of nitrogens with two attached hydrogens (primary N) is 1. The largest absolute Gasteiger partial charge is 0.351 e. The zero-order valence-corrected chi connectivity index (χ0v) is 14.9. The van der Waals surface area contributed by atoms with Gasteiger partial charge in [0.2, 0.25) is 5.91 Å². The minimum absolute atomic E-state index is 0. The van der Waals surface area contributed by atoms with E-state index in [9.17, 15) is 9.59 Å². The van der Waals surface area contributed by atoms with Crippen LogP contribution in [0.1, 0.15) is 35.7 Å². The molecule has 0 saturated carbocycles. The molecule has 0 aliphatic carbocycles. The van der Waals surface area contributed by atoms with Crippen LogP contribution in [-0.2, 0) is 11.3 Å². The lowest BCUT2D eigenvalue weighted by atomic mass is 10.1. The molecule has 1 heterocycles. The second kappa shape index (κ2) is 10.4. The van der Waals surface area contributed by atoms with E-state index in [1.54, 1.807) is 30.6 Å². The highest BCUT2D eigenvalue weighted by Gasteiger charge is 2.11. The number of nitrogens with one attached hydrogen (secondary N) is 2. The molecule has 4 N–H and O–H groups in total. The lowest BCUT2D eigenvalue weighted by Crippen LogP contribution is -2.40. The van der Waals surface area contributed by atoms with Crippen LogP contribution in [0.25, 0.3) is 0 Å². The van der Waals surface area contributed by atoms with Crippen molar-refractivity contribution in [3.63, 3.8) is 0 Å². The number of hydrogen-bond acceptors (Lipinski definition) is 4. The van der Waals surface area contributed by atoms with Gasteiger partial charge in [0, 0.05) is 30.2 Å². The Morgan fingerprint density at radius 1 is 1.20 bits per heavy atom. The van der Waals surface area contributed by atoms with Crippen molar-refractivity contribution in [3.8, 4) is 0 Å². The molecule has 0 radical (unpaired) electrons. The van der Waals surface area contributed by atoms with Gasteiger partial charge in [0.05, 0.1) is 6.04 Å². The molecular weight excluding hydrogens is 340 g/mol. The number of carbonyl (C=O) groups is 2. The molecule has 1 aromatic heterocycles. The van der Waals surface area contributed by atoms with Gasteiger partial charge >= 0.3 is 0 Å². The van der Waals surface area contributed by atoms with Crippen molar-refractivity contribution in [2.24, 2.45) is 5.73 Å². The summed E-state index contributed by atoms with van der Waals surface area (Å²) in [6.45, 7) is 2.36. The van der Waals surface area contributed by atoms with E-state index in [4.69, 9.17) is 5.73 Å². The zero-order valence-electron chi connectivity index (χ0n) is 14.1. The SMILES string of the molecule is CCCC(N)C(=O)NCc1cccc(NC(=O)c2ccncc2)c1.Cl. The number of carbonyl (C=O) groups excluding carboxylic acids is 2. The van der Waals surface area contributed by atoms with Crippen molar-refractivity contribution >= 4 is 29.9 Å². The van der Waals surface area contributed by atoms with Crippen LogP contribution in [0.2, 0.25) is 0 Å². The molecular formula is C18H23ClN4O2. The summed E-state index contributed by atoms with van der Waals surface area (Å²) in [6, 6.07) is 10.1. The molecule has 0 spiro atoms. The third-order valence-corrected chi connectivity index (χ3v) is 3.53. The maximum atomic E-state index is 12.1. The fourth-order valence-electron chi connectivity index (χ4n) is 2.23. The molecule has 6 nitrogen and oxygen atoms in total. The molecule has 0 bridgehead atoms. The molecule has 2 amide bonds. The van der Waals surface area contributed by atoms with Crippen molar-refractivity contribution in [2.45, 2.75) is 32.4 Å². The molecule has 134 valence electrons. The highest BCUT2D eigenvalue weighted by atomic mass is 35.5. The third kappa shape index (κ3) is 6.52. The third-order valence-electron chi connectivity index (χ3n) is 3.53. The molecule has 1 aromatic carbocycles. The van der Waals surface area contributed by atoms with Crippen LogP contribution in [0.4, 0.5) is 5.69 Å². The van der Waals surface area contributed by atoms with Gasteiger partial charge in [0.25, 0.3) is 5.91 Å². The van der Waals surface area contributed by atoms with Gasteiger partial charge in [-0.25, -0.2) is 0 Å². The lowest BCUT2D eigenvalue weighted by molar-refractivity contribution is -0.122. The topological polar surface area (TPSA) is 97.1 Å². The van der Waals surface area contributed by atoms with Crippen LogP contribution in [-0.4, -0.2) is 22.8 Å². The number of halogens is 1. The first-order valence-electron chi connectivity index (χ1n) is 7.93. The van der Waals surface area contributed by atoms with E-state index in [-0.39, 0.29) is 24.2 Å². The molecule has 25 heavy (non-hydrogen) atoms. The van der Waals surface area contributed by atoms with Gasteiger partial charge in [-0.2, -0.15) is 0 Å². The monoisotopic (exact) mass is 362 g/mol. The summed E-state index contributed by atoms with van der Waals surface area (Å²) in [6.07, 6.45) is 4.67. The number of benzene rings is 1. The van der Waals surface area contributed by atoms with Crippen LogP contribution >= 0.6 is 12.4 Å². The first-order valence-corrected chi connectivity index (χ1v) is 7.93. The van der Waals surface area contributed by atoms with E-state index < -0.39 is 6.04 Å². The van der Waals surface area contributed by atoms with Gasteiger partial charge < -0.3 is 16.4 Å². The number of pyridine rings is 1. The summed E-state index contributed by atoms with van der Waals surface area (Å²) < 4.78 is 0. The van der Waals surface area contributed by atoms with E-state index in [0.29, 0.717) is 24.2 Å². The summed E-state index contributed by atoms with van der Waals surface area (Å²) in [4.78, 5) is 27.9. The summed E-state index contributed by atoms with van der Waals surface area (Å²) in [5.74, 6) is -0.369. The van der Waals surface area contributed by atoms with E-state index in [1.807, 2.05) is 25.1 Å². The van der Waals surface area contributed by atoms with E-state index >= 15 is 0 Å². The number of rotatable bonds is 7. The standard InChI is InChI=1S/C18H22N4O2.ClH/c1-2-4-16(19)18(24)21-12-13-5-3-6-15(11-13)22-17(23)14-7-9-20-10-8-14;/h3,5-11,16H,2,4,12,19H2,1H3,(H,21,24)(H,22,23);1H. The first kappa shape index (κ1) is 20.6. The highest BCUT2D eigenvalue weighted by Crippen LogP contribution is 2.12. The van der Waals surface area contributed by atoms with Crippen LogP contribution in [0.5, 0.6) is 0 Å². The minimum atomic E-state index is -0.482. The van der Waals surface area contributed by atoms with Crippen molar-refractivity contribution < 1.29 is 9.59 Å². The summed E-state index contributed by atoms with van der Waals surface area (Å²) in [5.41, 5.74) is 7.87. The number of aromatic nitrogens is 1.